The number of esters is 1. The Morgan fingerprint density at radius 1 is 1.13 bits per heavy atom. The van der Waals surface area contributed by atoms with Crippen molar-refractivity contribution in [2.75, 3.05) is 40.3 Å². The highest BCUT2D eigenvalue weighted by Gasteiger charge is 2.20. The first-order chi connectivity index (χ1) is 11.0. The zero-order chi connectivity index (χ0) is 17.4. The number of rotatable bonds is 8. The second-order valence-electron chi connectivity index (χ2n) is 4.59. The van der Waals surface area contributed by atoms with E-state index in [9.17, 15) is 9.59 Å². The van der Waals surface area contributed by atoms with Crippen LogP contribution in [-0.4, -0.2) is 53.0 Å². The Morgan fingerprint density at radius 3 is 2.22 bits per heavy atom. The van der Waals surface area contributed by atoms with Crippen molar-refractivity contribution in [3.63, 3.8) is 0 Å². The SMILES string of the molecule is COC(=O)c1cc(OC)c(OC)cc1NC(=O)CC(CN)OC. The van der Waals surface area contributed by atoms with Gasteiger partial charge in [0.15, 0.2) is 11.5 Å². The van der Waals surface area contributed by atoms with Gasteiger partial charge in [0.25, 0.3) is 0 Å². The number of ether oxygens (including phenoxy) is 4. The van der Waals surface area contributed by atoms with Gasteiger partial charge >= 0.3 is 5.97 Å². The molecule has 1 atom stereocenters. The largest absolute Gasteiger partial charge is 0.493 e. The molecule has 0 aliphatic heterocycles. The van der Waals surface area contributed by atoms with E-state index in [1.807, 2.05) is 0 Å². The van der Waals surface area contributed by atoms with E-state index in [2.05, 4.69) is 5.32 Å². The molecule has 0 bridgehead atoms. The molecule has 1 aromatic carbocycles. The van der Waals surface area contributed by atoms with Gasteiger partial charge in [0.05, 0.1) is 45.1 Å². The number of benzene rings is 1. The smallest absolute Gasteiger partial charge is 0.340 e. The highest BCUT2D eigenvalue weighted by molar-refractivity contribution is 6.02. The van der Waals surface area contributed by atoms with Crippen molar-refractivity contribution in [2.24, 2.45) is 5.73 Å². The fourth-order valence-electron chi connectivity index (χ4n) is 1.93. The lowest BCUT2D eigenvalue weighted by Crippen LogP contribution is -2.28. The predicted octanol–water partition coefficient (Wildman–Crippen LogP) is 0.793. The van der Waals surface area contributed by atoms with Crippen LogP contribution in [-0.2, 0) is 14.3 Å². The summed E-state index contributed by atoms with van der Waals surface area (Å²) in [6, 6.07) is 2.93. The summed E-state index contributed by atoms with van der Waals surface area (Å²) in [4.78, 5) is 24.0. The average Bonchev–Trinajstić information content (AvgIpc) is 2.58. The van der Waals surface area contributed by atoms with E-state index in [0.717, 1.165) is 0 Å². The molecule has 0 radical (unpaired) electrons. The minimum atomic E-state index is -0.608. The Balaban J connectivity index is 3.12. The van der Waals surface area contributed by atoms with Crippen molar-refractivity contribution < 1.29 is 28.5 Å². The van der Waals surface area contributed by atoms with E-state index >= 15 is 0 Å². The van der Waals surface area contributed by atoms with Crippen LogP contribution in [0.15, 0.2) is 12.1 Å². The van der Waals surface area contributed by atoms with Crippen LogP contribution in [0.5, 0.6) is 11.5 Å². The maximum Gasteiger partial charge on any atom is 0.340 e. The number of anilines is 1. The molecule has 0 aromatic heterocycles. The van der Waals surface area contributed by atoms with Gasteiger partial charge in [0.2, 0.25) is 5.91 Å². The lowest BCUT2D eigenvalue weighted by atomic mass is 10.1. The second-order valence-corrected chi connectivity index (χ2v) is 4.59. The molecule has 1 aromatic rings. The average molecular weight is 326 g/mol. The molecule has 8 heteroatoms. The highest BCUT2D eigenvalue weighted by Crippen LogP contribution is 2.33. The van der Waals surface area contributed by atoms with Gasteiger partial charge in [-0.05, 0) is 0 Å². The van der Waals surface area contributed by atoms with Crippen molar-refractivity contribution in [3.8, 4) is 11.5 Å². The van der Waals surface area contributed by atoms with Crippen LogP contribution in [0.2, 0.25) is 0 Å². The summed E-state index contributed by atoms with van der Waals surface area (Å²) in [5.74, 6) is -0.233. The van der Waals surface area contributed by atoms with Crippen LogP contribution in [0.25, 0.3) is 0 Å². The predicted molar refractivity (Wildman–Crippen MR) is 84.0 cm³/mol. The van der Waals surface area contributed by atoms with E-state index < -0.39 is 12.1 Å². The molecule has 0 saturated carbocycles. The van der Waals surface area contributed by atoms with Gasteiger partial charge in [-0.2, -0.15) is 0 Å². The maximum atomic E-state index is 12.1. The lowest BCUT2D eigenvalue weighted by molar-refractivity contribution is -0.118. The van der Waals surface area contributed by atoms with Crippen molar-refractivity contribution in [1.29, 1.82) is 0 Å². The molecule has 3 N–H and O–H groups in total. The number of amides is 1. The standard InChI is InChI=1S/C15H22N2O6/c1-20-9(8-16)5-14(18)17-11-7-13(22-3)12(21-2)6-10(11)15(19)23-4/h6-7,9H,5,8,16H2,1-4H3,(H,17,18). The van der Waals surface area contributed by atoms with E-state index in [1.165, 1.54) is 40.6 Å². The summed E-state index contributed by atoms with van der Waals surface area (Å²) >= 11 is 0. The van der Waals surface area contributed by atoms with Gasteiger partial charge in [0, 0.05) is 25.8 Å². The van der Waals surface area contributed by atoms with Crippen molar-refractivity contribution in [2.45, 2.75) is 12.5 Å². The summed E-state index contributed by atoms with van der Waals surface area (Å²) in [6.07, 6.45) is -0.348. The Morgan fingerprint density at radius 2 is 1.74 bits per heavy atom. The molecule has 0 aliphatic carbocycles. The molecule has 1 unspecified atom stereocenters. The number of hydrogen-bond donors (Lipinski definition) is 2. The zero-order valence-corrected chi connectivity index (χ0v) is 13.7. The number of carbonyl (C=O) groups is 2. The summed E-state index contributed by atoms with van der Waals surface area (Å²) in [7, 11) is 5.62. The van der Waals surface area contributed by atoms with Crippen LogP contribution in [0, 0.1) is 0 Å². The third-order valence-electron chi connectivity index (χ3n) is 3.21. The first-order valence-corrected chi connectivity index (χ1v) is 6.87. The zero-order valence-electron chi connectivity index (χ0n) is 13.7. The number of nitrogens with two attached hydrogens (primary N) is 1. The Kier molecular flexibility index (Phi) is 7.30. The molecule has 1 amide bonds. The first kappa shape index (κ1) is 18.7. The van der Waals surface area contributed by atoms with Crippen LogP contribution < -0.4 is 20.5 Å². The van der Waals surface area contributed by atoms with E-state index in [0.29, 0.717) is 11.5 Å². The quantitative estimate of drug-likeness (QED) is 0.680. The number of nitrogens with one attached hydrogen (secondary N) is 1. The maximum absolute atomic E-state index is 12.1. The normalized spacial score (nSPS) is 11.5. The molecule has 0 aliphatic rings. The van der Waals surface area contributed by atoms with Crippen LogP contribution >= 0.6 is 0 Å². The fraction of sp³-hybridized carbons (Fsp3) is 0.467. The van der Waals surface area contributed by atoms with E-state index in [-0.39, 0.29) is 30.1 Å². The summed E-state index contributed by atoms with van der Waals surface area (Å²) in [6.45, 7) is 0.208. The first-order valence-electron chi connectivity index (χ1n) is 6.87. The molecule has 0 fully saturated rings. The molecular formula is C15H22N2O6. The Hall–Kier alpha value is -2.32. The molecule has 23 heavy (non-hydrogen) atoms. The van der Waals surface area contributed by atoms with Gasteiger partial charge in [-0.25, -0.2) is 4.79 Å². The second kappa shape index (κ2) is 8.96. The van der Waals surface area contributed by atoms with Crippen molar-refractivity contribution >= 4 is 17.6 Å². The van der Waals surface area contributed by atoms with Gasteiger partial charge in [0.1, 0.15) is 0 Å². The Labute approximate surface area is 134 Å². The van der Waals surface area contributed by atoms with Gasteiger partial charge in [-0.15, -0.1) is 0 Å². The van der Waals surface area contributed by atoms with E-state index in [4.69, 9.17) is 24.7 Å². The molecule has 0 saturated heterocycles. The summed E-state index contributed by atoms with van der Waals surface area (Å²) < 4.78 is 20.1. The molecular weight excluding hydrogens is 304 g/mol. The topological polar surface area (TPSA) is 109 Å². The summed E-state index contributed by atoms with van der Waals surface area (Å²) in [5, 5.41) is 2.64. The van der Waals surface area contributed by atoms with E-state index in [1.54, 1.807) is 0 Å². The minimum absolute atomic E-state index is 0.0575. The minimum Gasteiger partial charge on any atom is -0.493 e. The number of methoxy groups -OCH3 is 4. The monoisotopic (exact) mass is 326 g/mol. The highest BCUT2D eigenvalue weighted by atomic mass is 16.5. The van der Waals surface area contributed by atoms with Crippen LogP contribution in [0.1, 0.15) is 16.8 Å². The molecule has 0 heterocycles. The molecule has 128 valence electrons. The fourth-order valence-corrected chi connectivity index (χ4v) is 1.93. The Bertz CT molecular complexity index is 557. The van der Waals surface area contributed by atoms with Crippen LogP contribution in [0.3, 0.4) is 0 Å². The van der Waals surface area contributed by atoms with Gasteiger partial charge < -0.3 is 30.0 Å². The third-order valence-corrected chi connectivity index (χ3v) is 3.21. The molecule has 1 rings (SSSR count). The van der Waals surface area contributed by atoms with Gasteiger partial charge in [-0.3, -0.25) is 4.79 Å². The number of hydrogen-bond acceptors (Lipinski definition) is 7. The summed E-state index contributed by atoms with van der Waals surface area (Å²) in [5.41, 5.74) is 5.90. The van der Waals surface area contributed by atoms with Crippen molar-refractivity contribution in [3.05, 3.63) is 17.7 Å². The molecule has 8 nitrogen and oxygen atoms in total. The van der Waals surface area contributed by atoms with Crippen LogP contribution in [0.4, 0.5) is 5.69 Å². The lowest BCUT2D eigenvalue weighted by Gasteiger charge is -2.16. The van der Waals surface area contributed by atoms with Crippen molar-refractivity contribution in [1.82, 2.24) is 0 Å². The molecule has 0 spiro atoms. The third kappa shape index (κ3) is 4.83. The van der Waals surface area contributed by atoms with Gasteiger partial charge in [-0.1, -0.05) is 0 Å². The number of carbonyl (C=O) groups excluding carboxylic acids is 2.